The molecule has 14 heavy (non-hydrogen) atoms. The van der Waals surface area contributed by atoms with Gasteiger partial charge in [-0.05, 0) is 19.9 Å². The summed E-state index contributed by atoms with van der Waals surface area (Å²) in [7, 11) is 1.89. The number of aromatic amines is 1. The van der Waals surface area contributed by atoms with Gasteiger partial charge in [0.1, 0.15) is 0 Å². The van der Waals surface area contributed by atoms with E-state index in [0.29, 0.717) is 5.84 Å². The highest BCUT2D eigenvalue weighted by atomic mass is 14.9. The molecule has 0 fully saturated rings. The maximum Gasteiger partial charge on any atom is 0.0957 e. The fourth-order valence-corrected chi connectivity index (χ4v) is 1.11. The molecule has 0 saturated heterocycles. The third-order valence-electron chi connectivity index (χ3n) is 1.94. The van der Waals surface area contributed by atoms with Gasteiger partial charge in [0, 0.05) is 30.4 Å². The molecule has 1 aromatic rings. The lowest BCUT2D eigenvalue weighted by Crippen LogP contribution is -2.28. The smallest absolute Gasteiger partial charge is 0.0957 e. The monoisotopic (exact) mass is 192 g/mol. The van der Waals surface area contributed by atoms with Crippen molar-refractivity contribution in [2.75, 3.05) is 7.05 Å². The minimum Gasteiger partial charge on any atom is -0.390 e. The van der Waals surface area contributed by atoms with Gasteiger partial charge in [-0.1, -0.05) is 0 Å². The maximum absolute atomic E-state index is 5.45. The lowest BCUT2D eigenvalue weighted by atomic mass is 10.4. The van der Waals surface area contributed by atoms with Gasteiger partial charge in [0.05, 0.1) is 11.2 Å². The molecule has 0 aliphatic heterocycles. The van der Waals surface area contributed by atoms with Gasteiger partial charge in [-0.25, -0.2) is 4.99 Å². The van der Waals surface area contributed by atoms with Gasteiger partial charge in [0.15, 0.2) is 0 Å². The second-order valence-corrected chi connectivity index (χ2v) is 3.08. The number of nitrogens with one attached hydrogen (secondary N) is 2. The first-order valence-electron chi connectivity index (χ1n) is 4.47. The van der Waals surface area contributed by atoms with Crippen molar-refractivity contribution in [3.8, 4) is 0 Å². The molecule has 76 valence electrons. The Morgan fingerprint density at radius 3 is 2.86 bits per heavy atom. The largest absolute Gasteiger partial charge is 0.390 e. The number of nitrogens with zero attached hydrogens (tertiary/aromatic N) is 1. The number of aromatic nitrogens is 1. The molecule has 1 rings (SSSR count). The van der Waals surface area contributed by atoms with E-state index in [2.05, 4.69) is 15.3 Å². The average molecular weight is 192 g/mol. The summed E-state index contributed by atoms with van der Waals surface area (Å²) in [5, 5.41) is 5.15. The number of hydrogen-bond acceptors (Lipinski definition) is 2. The average Bonchev–Trinajstić information content (AvgIpc) is 2.61. The zero-order valence-corrected chi connectivity index (χ0v) is 8.76. The molecule has 1 aromatic heterocycles. The molecule has 0 bridgehead atoms. The Balaban J connectivity index is 3.32. The summed E-state index contributed by atoms with van der Waals surface area (Å²) in [6.45, 7) is 3.76. The molecular weight excluding hydrogens is 176 g/mol. The van der Waals surface area contributed by atoms with Crippen molar-refractivity contribution in [2.24, 2.45) is 10.7 Å². The predicted octanol–water partition coefficient (Wildman–Crippen LogP) is -0.523. The lowest BCUT2D eigenvalue weighted by Gasteiger charge is -1.95. The summed E-state index contributed by atoms with van der Waals surface area (Å²) in [5.41, 5.74) is 6.53. The summed E-state index contributed by atoms with van der Waals surface area (Å²) >= 11 is 0. The Hall–Kier alpha value is -1.71. The highest BCUT2D eigenvalue weighted by Gasteiger charge is 1.90. The van der Waals surface area contributed by atoms with Crippen LogP contribution in [-0.4, -0.2) is 17.9 Å². The molecule has 0 saturated carbocycles. The number of H-pyrrole nitrogens is 1. The van der Waals surface area contributed by atoms with Gasteiger partial charge < -0.3 is 16.0 Å². The fourth-order valence-electron chi connectivity index (χ4n) is 1.11. The van der Waals surface area contributed by atoms with E-state index in [-0.39, 0.29) is 0 Å². The van der Waals surface area contributed by atoms with E-state index in [0.717, 1.165) is 16.3 Å². The van der Waals surface area contributed by atoms with Crippen LogP contribution in [0.1, 0.15) is 13.8 Å². The summed E-state index contributed by atoms with van der Waals surface area (Å²) < 4.78 is 0. The van der Waals surface area contributed by atoms with Crippen LogP contribution in [0.3, 0.4) is 0 Å². The van der Waals surface area contributed by atoms with E-state index < -0.39 is 0 Å². The molecule has 4 N–H and O–H groups in total. The predicted molar refractivity (Wildman–Crippen MR) is 59.9 cm³/mol. The van der Waals surface area contributed by atoms with Crippen LogP contribution in [0.4, 0.5) is 0 Å². The van der Waals surface area contributed by atoms with Gasteiger partial charge in [0.25, 0.3) is 0 Å². The van der Waals surface area contributed by atoms with Gasteiger partial charge in [-0.2, -0.15) is 0 Å². The Labute approximate surface area is 83.2 Å². The maximum atomic E-state index is 5.45. The molecule has 0 aliphatic carbocycles. The Kier molecular flexibility index (Phi) is 3.34. The molecule has 0 aromatic carbocycles. The minimum atomic E-state index is 0.555. The van der Waals surface area contributed by atoms with Crippen molar-refractivity contribution in [2.45, 2.75) is 13.8 Å². The van der Waals surface area contributed by atoms with Crippen LogP contribution in [0.25, 0.3) is 11.9 Å². The van der Waals surface area contributed by atoms with Crippen LogP contribution >= 0.6 is 0 Å². The van der Waals surface area contributed by atoms with Crippen LogP contribution < -0.4 is 21.6 Å². The molecule has 0 unspecified atom stereocenters. The summed E-state index contributed by atoms with van der Waals surface area (Å²) in [5.74, 6) is 0.555. The Morgan fingerprint density at radius 1 is 1.57 bits per heavy atom. The highest BCUT2D eigenvalue weighted by molar-refractivity contribution is 5.79. The number of nitrogens with two attached hydrogens (primary N) is 1. The molecule has 1 heterocycles. The molecule has 0 amide bonds. The second kappa shape index (κ2) is 4.50. The quantitative estimate of drug-likeness (QED) is 0.436. The van der Waals surface area contributed by atoms with Crippen LogP contribution in [0.15, 0.2) is 17.3 Å². The first-order valence-corrected chi connectivity index (χ1v) is 4.47. The van der Waals surface area contributed by atoms with Crippen molar-refractivity contribution in [3.63, 3.8) is 0 Å². The molecule has 0 spiro atoms. The molecule has 4 heteroatoms. The lowest BCUT2D eigenvalue weighted by molar-refractivity contribution is 1.07. The van der Waals surface area contributed by atoms with Crippen molar-refractivity contribution < 1.29 is 0 Å². The van der Waals surface area contributed by atoms with E-state index in [4.69, 9.17) is 5.73 Å². The number of amidine groups is 1. The molecule has 0 radical (unpaired) electrons. The molecule has 0 aliphatic rings. The number of hydrogen-bond donors (Lipinski definition) is 3. The third kappa shape index (κ3) is 2.39. The number of rotatable bonds is 2. The van der Waals surface area contributed by atoms with Crippen molar-refractivity contribution in [1.82, 2.24) is 10.3 Å². The van der Waals surface area contributed by atoms with Crippen LogP contribution in [0.5, 0.6) is 0 Å². The van der Waals surface area contributed by atoms with Gasteiger partial charge >= 0.3 is 0 Å². The standard InChI is InChI=1S/C10H16N4/c1-7(12-3)10-9(4-5-13-10)6-14-8(2)11/h4-6,12-13H,1-3H3,(H2,11,14)/b9-6+,10-7-. The van der Waals surface area contributed by atoms with Gasteiger partial charge in [-0.15, -0.1) is 0 Å². The first-order chi connectivity index (χ1) is 6.65. The summed E-state index contributed by atoms with van der Waals surface area (Å²) in [6.07, 6.45) is 3.63. The molecule has 4 nitrogen and oxygen atoms in total. The fraction of sp³-hybridized carbons (Fsp3) is 0.300. The van der Waals surface area contributed by atoms with E-state index in [1.54, 1.807) is 13.1 Å². The topological polar surface area (TPSA) is 66.2 Å². The minimum absolute atomic E-state index is 0.555. The SMILES string of the molecule is CN/C(C)=c1\[nH]cc\c1=C/N=C(C)N. The second-order valence-electron chi connectivity index (χ2n) is 3.08. The highest BCUT2D eigenvalue weighted by Crippen LogP contribution is 1.77. The van der Waals surface area contributed by atoms with E-state index >= 15 is 0 Å². The number of aliphatic imine (C=N–C) groups is 1. The molecular formula is C10H16N4. The zero-order chi connectivity index (χ0) is 10.6. The summed E-state index contributed by atoms with van der Waals surface area (Å²) in [6, 6.07) is 1.96. The Morgan fingerprint density at radius 2 is 2.29 bits per heavy atom. The van der Waals surface area contributed by atoms with E-state index in [9.17, 15) is 0 Å². The normalized spacial score (nSPS) is 15.6. The van der Waals surface area contributed by atoms with E-state index in [1.807, 2.05) is 26.2 Å². The van der Waals surface area contributed by atoms with Gasteiger partial charge in [-0.3, -0.25) is 0 Å². The van der Waals surface area contributed by atoms with Crippen LogP contribution in [0.2, 0.25) is 0 Å². The third-order valence-corrected chi connectivity index (χ3v) is 1.94. The van der Waals surface area contributed by atoms with Crippen LogP contribution in [0, 0.1) is 0 Å². The van der Waals surface area contributed by atoms with Crippen LogP contribution in [-0.2, 0) is 0 Å². The Bertz CT molecular complexity index is 435. The summed E-state index contributed by atoms with van der Waals surface area (Å²) in [4.78, 5) is 7.19. The van der Waals surface area contributed by atoms with E-state index in [1.165, 1.54) is 0 Å². The zero-order valence-electron chi connectivity index (χ0n) is 8.76. The first kappa shape index (κ1) is 10.4. The van der Waals surface area contributed by atoms with Crippen molar-refractivity contribution in [1.29, 1.82) is 0 Å². The van der Waals surface area contributed by atoms with Crippen molar-refractivity contribution in [3.05, 3.63) is 22.8 Å². The van der Waals surface area contributed by atoms with Gasteiger partial charge in [0.2, 0.25) is 0 Å². The van der Waals surface area contributed by atoms with Crippen molar-refractivity contribution >= 4 is 17.7 Å². The molecule has 0 atom stereocenters.